The standard InChI is InChI=1S/C10H20O/c1-2-3-4-5-9-6-7-10(11)8-9/h9-11H,2-8H2,1H3. The lowest BCUT2D eigenvalue weighted by Gasteiger charge is -2.07. The summed E-state index contributed by atoms with van der Waals surface area (Å²) in [6.45, 7) is 2.24. The summed E-state index contributed by atoms with van der Waals surface area (Å²) in [6.07, 6.45) is 8.83. The van der Waals surface area contributed by atoms with E-state index in [1.165, 1.54) is 32.1 Å². The van der Waals surface area contributed by atoms with Gasteiger partial charge in [-0.1, -0.05) is 32.6 Å². The third-order valence-electron chi connectivity index (χ3n) is 2.73. The Morgan fingerprint density at radius 3 is 2.64 bits per heavy atom. The molecule has 2 unspecified atom stereocenters. The van der Waals surface area contributed by atoms with E-state index in [0.29, 0.717) is 0 Å². The molecule has 1 heteroatoms. The molecule has 0 spiro atoms. The Morgan fingerprint density at radius 1 is 1.27 bits per heavy atom. The number of hydrogen-bond acceptors (Lipinski definition) is 1. The van der Waals surface area contributed by atoms with Crippen molar-refractivity contribution in [3.8, 4) is 0 Å². The number of rotatable bonds is 4. The molecule has 0 saturated heterocycles. The number of unbranched alkanes of at least 4 members (excludes halogenated alkanes) is 2. The Morgan fingerprint density at radius 2 is 2.09 bits per heavy atom. The molecule has 0 amide bonds. The highest BCUT2D eigenvalue weighted by Crippen LogP contribution is 2.29. The first-order valence-corrected chi connectivity index (χ1v) is 5.01. The van der Waals surface area contributed by atoms with Gasteiger partial charge in [-0.05, 0) is 25.2 Å². The molecule has 1 nitrogen and oxygen atoms in total. The normalized spacial score (nSPS) is 31.1. The molecule has 2 atom stereocenters. The zero-order valence-electron chi connectivity index (χ0n) is 7.55. The van der Waals surface area contributed by atoms with Gasteiger partial charge in [-0.25, -0.2) is 0 Å². The number of aliphatic hydroxyl groups excluding tert-OH is 1. The fraction of sp³-hybridized carbons (Fsp3) is 1.00. The Balaban J connectivity index is 1.99. The summed E-state index contributed by atoms with van der Waals surface area (Å²) in [5, 5.41) is 9.26. The van der Waals surface area contributed by atoms with E-state index in [9.17, 15) is 5.11 Å². The quantitative estimate of drug-likeness (QED) is 0.620. The van der Waals surface area contributed by atoms with E-state index >= 15 is 0 Å². The summed E-state index contributed by atoms with van der Waals surface area (Å²) < 4.78 is 0. The molecule has 0 aromatic rings. The maximum Gasteiger partial charge on any atom is 0.0543 e. The Hall–Kier alpha value is -0.0400. The molecule has 0 aromatic carbocycles. The molecule has 66 valence electrons. The second kappa shape index (κ2) is 4.76. The summed E-state index contributed by atoms with van der Waals surface area (Å²) in [5.74, 6) is 0.844. The van der Waals surface area contributed by atoms with Crippen LogP contribution in [0.5, 0.6) is 0 Å². The van der Waals surface area contributed by atoms with Crippen LogP contribution in [-0.4, -0.2) is 11.2 Å². The van der Waals surface area contributed by atoms with Crippen LogP contribution in [0.3, 0.4) is 0 Å². The Bertz CT molecular complexity index is 101. The van der Waals surface area contributed by atoms with Gasteiger partial charge < -0.3 is 5.11 Å². The molecule has 0 radical (unpaired) electrons. The van der Waals surface area contributed by atoms with Crippen LogP contribution in [-0.2, 0) is 0 Å². The van der Waals surface area contributed by atoms with Crippen molar-refractivity contribution in [2.24, 2.45) is 5.92 Å². The Kier molecular flexibility index (Phi) is 3.92. The zero-order valence-corrected chi connectivity index (χ0v) is 7.55. The summed E-state index contributed by atoms with van der Waals surface area (Å²) in [5.41, 5.74) is 0. The maximum absolute atomic E-state index is 9.26. The molecule has 1 saturated carbocycles. The second-order valence-electron chi connectivity index (χ2n) is 3.83. The molecular formula is C10H20O. The average molecular weight is 156 g/mol. The van der Waals surface area contributed by atoms with Crippen LogP contribution >= 0.6 is 0 Å². The van der Waals surface area contributed by atoms with Gasteiger partial charge in [0.15, 0.2) is 0 Å². The SMILES string of the molecule is CCCCCC1CCC(O)C1. The van der Waals surface area contributed by atoms with E-state index in [-0.39, 0.29) is 6.10 Å². The summed E-state index contributed by atoms with van der Waals surface area (Å²) in [6, 6.07) is 0. The third kappa shape index (κ3) is 3.24. The maximum atomic E-state index is 9.26. The van der Waals surface area contributed by atoms with Crippen molar-refractivity contribution in [2.45, 2.75) is 58.0 Å². The molecule has 1 N–H and O–H groups in total. The summed E-state index contributed by atoms with van der Waals surface area (Å²) in [7, 11) is 0. The van der Waals surface area contributed by atoms with Crippen LogP contribution in [0.1, 0.15) is 51.9 Å². The van der Waals surface area contributed by atoms with Crippen molar-refractivity contribution in [1.29, 1.82) is 0 Å². The molecular weight excluding hydrogens is 136 g/mol. The summed E-state index contributed by atoms with van der Waals surface area (Å²) >= 11 is 0. The van der Waals surface area contributed by atoms with Crippen LogP contribution in [0.25, 0.3) is 0 Å². The molecule has 11 heavy (non-hydrogen) atoms. The highest BCUT2D eigenvalue weighted by Gasteiger charge is 2.21. The lowest BCUT2D eigenvalue weighted by atomic mass is 10.00. The molecule has 0 heterocycles. The van der Waals surface area contributed by atoms with Crippen molar-refractivity contribution in [3.63, 3.8) is 0 Å². The molecule has 1 aliphatic rings. The highest BCUT2D eigenvalue weighted by molar-refractivity contribution is 4.74. The van der Waals surface area contributed by atoms with Gasteiger partial charge in [0.05, 0.1) is 6.10 Å². The lowest BCUT2D eigenvalue weighted by Crippen LogP contribution is -2.00. The van der Waals surface area contributed by atoms with Crippen molar-refractivity contribution in [1.82, 2.24) is 0 Å². The minimum Gasteiger partial charge on any atom is -0.393 e. The minimum absolute atomic E-state index is 0.0293. The Labute approximate surface area is 69.8 Å². The van der Waals surface area contributed by atoms with Gasteiger partial charge in [-0.15, -0.1) is 0 Å². The summed E-state index contributed by atoms with van der Waals surface area (Å²) in [4.78, 5) is 0. The van der Waals surface area contributed by atoms with E-state index in [1.54, 1.807) is 0 Å². The smallest absolute Gasteiger partial charge is 0.0543 e. The number of hydrogen-bond donors (Lipinski definition) is 1. The van der Waals surface area contributed by atoms with E-state index < -0.39 is 0 Å². The first kappa shape index (κ1) is 9.05. The number of aliphatic hydroxyl groups is 1. The first-order chi connectivity index (χ1) is 5.33. The monoisotopic (exact) mass is 156 g/mol. The largest absolute Gasteiger partial charge is 0.393 e. The van der Waals surface area contributed by atoms with Crippen LogP contribution in [0.2, 0.25) is 0 Å². The van der Waals surface area contributed by atoms with Crippen LogP contribution in [0.15, 0.2) is 0 Å². The van der Waals surface area contributed by atoms with Gasteiger partial charge in [0, 0.05) is 0 Å². The predicted octanol–water partition coefficient (Wildman–Crippen LogP) is 2.73. The lowest BCUT2D eigenvalue weighted by molar-refractivity contribution is 0.176. The van der Waals surface area contributed by atoms with Crippen LogP contribution < -0.4 is 0 Å². The van der Waals surface area contributed by atoms with Crippen molar-refractivity contribution in [3.05, 3.63) is 0 Å². The first-order valence-electron chi connectivity index (χ1n) is 5.01. The average Bonchev–Trinajstić information content (AvgIpc) is 2.37. The molecule has 0 bridgehead atoms. The second-order valence-corrected chi connectivity index (χ2v) is 3.83. The van der Waals surface area contributed by atoms with E-state index in [0.717, 1.165) is 18.8 Å². The van der Waals surface area contributed by atoms with Crippen molar-refractivity contribution >= 4 is 0 Å². The molecule has 1 rings (SSSR count). The fourth-order valence-corrected chi connectivity index (χ4v) is 1.99. The van der Waals surface area contributed by atoms with Gasteiger partial charge >= 0.3 is 0 Å². The van der Waals surface area contributed by atoms with E-state index in [1.807, 2.05) is 0 Å². The van der Waals surface area contributed by atoms with Gasteiger partial charge in [0.1, 0.15) is 0 Å². The van der Waals surface area contributed by atoms with Crippen molar-refractivity contribution < 1.29 is 5.11 Å². The van der Waals surface area contributed by atoms with Gasteiger partial charge in [0.2, 0.25) is 0 Å². The fourth-order valence-electron chi connectivity index (χ4n) is 1.99. The third-order valence-corrected chi connectivity index (χ3v) is 2.73. The molecule has 0 aromatic heterocycles. The van der Waals surface area contributed by atoms with Gasteiger partial charge in [0.25, 0.3) is 0 Å². The highest BCUT2D eigenvalue weighted by atomic mass is 16.3. The minimum atomic E-state index is 0.0293. The molecule has 1 fully saturated rings. The van der Waals surface area contributed by atoms with Crippen LogP contribution in [0, 0.1) is 5.92 Å². The van der Waals surface area contributed by atoms with Crippen molar-refractivity contribution in [2.75, 3.05) is 0 Å². The van der Waals surface area contributed by atoms with Crippen LogP contribution in [0.4, 0.5) is 0 Å². The molecule has 1 aliphatic carbocycles. The topological polar surface area (TPSA) is 20.2 Å². The van der Waals surface area contributed by atoms with E-state index in [4.69, 9.17) is 0 Å². The zero-order chi connectivity index (χ0) is 8.10. The van der Waals surface area contributed by atoms with Gasteiger partial charge in [-0.2, -0.15) is 0 Å². The molecule has 0 aliphatic heterocycles. The van der Waals surface area contributed by atoms with Gasteiger partial charge in [-0.3, -0.25) is 0 Å². The predicted molar refractivity (Wildman–Crippen MR) is 47.5 cm³/mol. The van der Waals surface area contributed by atoms with E-state index in [2.05, 4.69) is 6.92 Å².